The maximum Gasteiger partial charge on any atom is 0.303 e. The fraction of sp³-hybridized carbons (Fsp3) is 0.435. The minimum atomic E-state index is -0.926. The third-order valence-corrected chi connectivity index (χ3v) is 7.08. The van der Waals surface area contributed by atoms with Gasteiger partial charge in [0, 0.05) is 32.3 Å². The lowest BCUT2D eigenvalue weighted by molar-refractivity contribution is -0.137. The molecule has 2 aromatic rings. The van der Waals surface area contributed by atoms with Crippen molar-refractivity contribution in [3.8, 4) is 0 Å². The van der Waals surface area contributed by atoms with E-state index in [0.29, 0.717) is 45.8 Å². The molecule has 0 aliphatic carbocycles. The molecule has 2 fully saturated rings. The van der Waals surface area contributed by atoms with E-state index >= 15 is 0 Å². The number of aromatic nitrogens is 2. The number of hydrogen-bond donors (Lipinski definition) is 1. The number of aryl methyl sites for hydroxylation is 1. The van der Waals surface area contributed by atoms with Crippen LogP contribution in [0.2, 0.25) is 0 Å². The molecular formula is C23H26N4O5S2. The molecule has 0 radical (unpaired) electrons. The number of pyridine rings is 1. The van der Waals surface area contributed by atoms with Crippen molar-refractivity contribution < 1.29 is 19.4 Å². The summed E-state index contributed by atoms with van der Waals surface area (Å²) in [6, 6.07) is 3.69. The van der Waals surface area contributed by atoms with Crippen LogP contribution in [0.5, 0.6) is 0 Å². The molecule has 2 saturated heterocycles. The quantitative estimate of drug-likeness (QED) is 0.471. The van der Waals surface area contributed by atoms with Crippen LogP contribution >= 0.6 is 24.0 Å². The maximum atomic E-state index is 13.6. The van der Waals surface area contributed by atoms with Crippen molar-refractivity contribution in [2.24, 2.45) is 0 Å². The van der Waals surface area contributed by atoms with E-state index in [9.17, 15) is 14.4 Å². The van der Waals surface area contributed by atoms with Gasteiger partial charge in [-0.05, 0) is 44.9 Å². The Morgan fingerprint density at radius 1 is 1.32 bits per heavy atom. The number of morpholine rings is 1. The molecule has 0 saturated carbocycles. The van der Waals surface area contributed by atoms with Gasteiger partial charge in [0.15, 0.2) is 0 Å². The number of carboxylic acid groups (broad SMARTS) is 1. The molecule has 2 atom stereocenters. The van der Waals surface area contributed by atoms with Crippen molar-refractivity contribution >= 4 is 57.7 Å². The summed E-state index contributed by atoms with van der Waals surface area (Å²) in [7, 11) is 0. The largest absolute Gasteiger partial charge is 0.481 e. The van der Waals surface area contributed by atoms with Gasteiger partial charge < -0.3 is 14.7 Å². The van der Waals surface area contributed by atoms with Gasteiger partial charge in [-0.2, -0.15) is 0 Å². The summed E-state index contributed by atoms with van der Waals surface area (Å²) in [5.74, 6) is -0.744. The van der Waals surface area contributed by atoms with E-state index in [-0.39, 0.29) is 36.6 Å². The van der Waals surface area contributed by atoms with E-state index < -0.39 is 5.97 Å². The van der Waals surface area contributed by atoms with Gasteiger partial charge in [-0.15, -0.1) is 0 Å². The van der Waals surface area contributed by atoms with Crippen molar-refractivity contribution in [2.45, 2.75) is 45.8 Å². The zero-order chi connectivity index (χ0) is 24.6. The number of ether oxygens (including phenoxy) is 1. The SMILES string of the molecule is Cc1cccn2c(=O)c(/C=C3\SC(=S)N(CCCC(=O)O)C3=O)c(N3CC(C)OC(C)C3)nc12. The summed E-state index contributed by atoms with van der Waals surface area (Å²) < 4.78 is 7.70. The third-order valence-electron chi connectivity index (χ3n) is 5.70. The minimum absolute atomic E-state index is 0.0406. The van der Waals surface area contributed by atoms with Crippen LogP contribution < -0.4 is 10.5 Å². The highest BCUT2D eigenvalue weighted by Crippen LogP contribution is 2.34. The van der Waals surface area contributed by atoms with E-state index in [1.807, 2.05) is 31.7 Å². The lowest BCUT2D eigenvalue weighted by Gasteiger charge is -2.36. The molecule has 0 bridgehead atoms. The van der Waals surface area contributed by atoms with Gasteiger partial charge in [0.2, 0.25) is 0 Å². The van der Waals surface area contributed by atoms with Crippen LogP contribution in [-0.2, 0) is 14.3 Å². The lowest BCUT2D eigenvalue weighted by Crippen LogP contribution is -2.46. The number of anilines is 1. The van der Waals surface area contributed by atoms with E-state index in [1.54, 1.807) is 18.3 Å². The first-order valence-electron chi connectivity index (χ1n) is 11.0. The normalized spacial score (nSPS) is 22.3. The fourth-order valence-electron chi connectivity index (χ4n) is 4.23. The number of rotatable bonds is 6. The molecule has 2 aliphatic rings. The zero-order valence-electron chi connectivity index (χ0n) is 19.2. The number of nitrogens with zero attached hydrogens (tertiary/aromatic N) is 4. The lowest BCUT2D eigenvalue weighted by atomic mass is 10.1. The van der Waals surface area contributed by atoms with Crippen LogP contribution in [0, 0.1) is 6.92 Å². The van der Waals surface area contributed by atoms with E-state index in [1.165, 1.54) is 9.30 Å². The summed E-state index contributed by atoms with van der Waals surface area (Å²) >= 11 is 6.47. The predicted molar refractivity (Wildman–Crippen MR) is 135 cm³/mol. The van der Waals surface area contributed by atoms with Crippen molar-refractivity contribution in [3.63, 3.8) is 0 Å². The number of carboxylic acids is 1. The Labute approximate surface area is 206 Å². The van der Waals surface area contributed by atoms with Gasteiger partial charge in [0.1, 0.15) is 15.8 Å². The summed E-state index contributed by atoms with van der Waals surface area (Å²) in [5.41, 5.74) is 1.47. The number of carbonyl (C=O) groups excluding carboxylic acids is 1. The average Bonchev–Trinajstić information content (AvgIpc) is 3.02. The smallest absolute Gasteiger partial charge is 0.303 e. The highest BCUT2D eigenvalue weighted by molar-refractivity contribution is 8.26. The number of aliphatic carboxylic acids is 1. The van der Waals surface area contributed by atoms with Crippen LogP contribution in [0.3, 0.4) is 0 Å². The number of carbonyl (C=O) groups is 2. The fourth-order valence-corrected chi connectivity index (χ4v) is 5.52. The molecule has 1 amide bonds. The molecule has 11 heteroatoms. The Balaban J connectivity index is 1.78. The molecule has 4 heterocycles. The van der Waals surface area contributed by atoms with Crippen LogP contribution in [0.1, 0.15) is 37.8 Å². The first-order chi connectivity index (χ1) is 16.2. The summed E-state index contributed by atoms with van der Waals surface area (Å²) in [4.78, 5) is 46.1. The molecule has 2 aromatic heterocycles. The van der Waals surface area contributed by atoms with Gasteiger partial charge in [-0.1, -0.05) is 30.0 Å². The number of hydrogen-bond acceptors (Lipinski definition) is 8. The second-order valence-corrected chi connectivity index (χ2v) is 10.2. The van der Waals surface area contributed by atoms with Crippen molar-refractivity contribution in [1.82, 2.24) is 14.3 Å². The molecule has 1 N–H and O–H groups in total. The number of thiocarbonyl (C=S) groups is 1. The number of thioether (sulfide) groups is 1. The molecule has 180 valence electrons. The minimum Gasteiger partial charge on any atom is -0.481 e. The monoisotopic (exact) mass is 502 g/mol. The zero-order valence-corrected chi connectivity index (χ0v) is 20.8. The molecule has 0 spiro atoms. The maximum absolute atomic E-state index is 13.6. The van der Waals surface area contributed by atoms with Gasteiger partial charge in [-0.3, -0.25) is 23.7 Å². The van der Waals surface area contributed by atoms with Crippen LogP contribution in [0.25, 0.3) is 11.7 Å². The first kappa shape index (κ1) is 24.4. The van der Waals surface area contributed by atoms with Crippen LogP contribution in [-0.4, -0.2) is 67.4 Å². The molecule has 0 aromatic carbocycles. The Kier molecular flexibility index (Phi) is 7.06. The molecule has 2 aliphatic heterocycles. The van der Waals surface area contributed by atoms with E-state index in [2.05, 4.69) is 0 Å². The van der Waals surface area contributed by atoms with Gasteiger partial charge in [-0.25, -0.2) is 4.98 Å². The topological polar surface area (TPSA) is 104 Å². The van der Waals surface area contributed by atoms with Crippen LogP contribution in [0.15, 0.2) is 28.0 Å². The van der Waals surface area contributed by atoms with Crippen LogP contribution in [0.4, 0.5) is 5.82 Å². The Bertz CT molecular complexity index is 1250. The van der Waals surface area contributed by atoms with Gasteiger partial charge in [0.25, 0.3) is 11.5 Å². The molecule has 2 unspecified atom stereocenters. The third kappa shape index (κ3) is 4.86. The Morgan fingerprint density at radius 2 is 2.03 bits per heavy atom. The molecule has 4 rings (SSSR count). The molecular weight excluding hydrogens is 476 g/mol. The van der Waals surface area contributed by atoms with Gasteiger partial charge >= 0.3 is 5.97 Å². The van der Waals surface area contributed by atoms with E-state index in [4.69, 9.17) is 27.0 Å². The van der Waals surface area contributed by atoms with Crippen molar-refractivity contribution in [2.75, 3.05) is 24.5 Å². The Hall–Kier alpha value is -2.76. The Morgan fingerprint density at radius 3 is 2.71 bits per heavy atom. The average molecular weight is 503 g/mol. The van der Waals surface area contributed by atoms with E-state index in [0.717, 1.165) is 17.3 Å². The second kappa shape index (κ2) is 9.85. The summed E-state index contributed by atoms with van der Waals surface area (Å²) in [5, 5.41) is 8.88. The molecule has 9 nitrogen and oxygen atoms in total. The standard InChI is InChI=1S/C23H26N4O5S2/c1-13-6-4-8-26-19(13)24-20(25-11-14(2)32-15(3)12-25)16(21(26)30)10-17-22(31)27(23(33)34-17)9-5-7-18(28)29/h4,6,8,10,14-15H,5,7,9,11-12H2,1-3H3,(H,28,29)/b17-10-. The number of fused-ring (bicyclic) bond motifs is 1. The van der Waals surface area contributed by atoms with Crippen molar-refractivity contribution in [1.29, 1.82) is 0 Å². The first-order valence-corrected chi connectivity index (χ1v) is 12.3. The van der Waals surface area contributed by atoms with Gasteiger partial charge in [0.05, 0.1) is 22.7 Å². The number of amides is 1. The second-order valence-electron chi connectivity index (χ2n) is 8.53. The predicted octanol–water partition coefficient (Wildman–Crippen LogP) is 2.68. The summed E-state index contributed by atoms with van der Waals surface area (Å²) in [6.45, 7) is 7.20. The summed E-state index contributed by atoms with van der Waals surface area (Å²) in [6.07, 6.45) is 3.40. The molecule has 34 heavy (non-hydrogen) atoms. The van der Waals surface area contributed by atoms with Crippen molar-refractivity contribution in [3.05, 3.63) is 44.7 Å². The highest BCUT2D eigenvalue weighted by Gasteiger charge is 2.33. The highest BCUT2D eigenvalue weighted by atomic mass is 32.2.